The van der Waals surface area contributed by atoms with Gasteiger partial charge in [0.25, 0.3) is 5.91 Å². The Labute approximate surface area is 120 Å². The van der Waals surface area contributed by atoms with Crippen molar-refractivity contribution in [3.8, 4) is 0 Å². The summed E-state index contributed by atoms with van der Waals surface area (Å²) in [6, 6.07) is 3.61. The van der Waals surface area contributed by atoms with Crippen LogP contribution in [0.2, 0.25) is 0 Å². The topological polar surface area (TPSA) is 55.1 Å². The van der Waals surface area contributed by atoms with Gasteiger partial charge in [0.1, 0.15) is 11.6 Å². The van der Waals surface area contributed by atoms with Crippen LogP contribution in [0.3, 0.4) is 0 Å². The third kappa shape index (κ3) is 3.30. The Kier molecular flexibility index (Phi) is 4.16. The van der Waals surface area contributed by atoms with Crippen molar-refractivity contribution >= 4 is 38.9 Å². The van der Waals surface area contributed by atoms with Crippen LogP contribution < -0.4 is 11.1 Å². The van der Waals surface area contributed by atoms with E-state index < -0.39 is 17.5 Å². The molecular formula is C12H9BrF2N2OS. The normalized spacial score (nSPS) is 10.5. The van der Waals surface area contributed by atoms with Crippen LogP contribution in [-0.2, 0) is 6.54 Å². The van der Waals surface area contributed by atoms with Crippen molar-refractivity contribution in [2.45, 2.75) is 6.54 Å². The van der Waals surface area contributed by atoms with E-state index in [0.717, 1.165) is 15.4 Å². The van der Waals surface area contributed by atoms with Gasteiger partial charge in [0.15, 0.2) is 0 Å². The molecule has 0 atom stereocenters. The van der Waals surface area contributed by atoms with E-state index in [-0.39, 0.29) is 11.3 Å². The second-order valence-corrected chi connectivity index (χ2v) is 6.08. The van der Waals surface area contributed by atoms with Gasteiger partial charge in [-0.15, -0.1) is 11.3 Å². The molecule has 0 saturated carbocycles. The number of carbonyl (C=O) groups excluding carboxylic acids is 1. The number of nitrogens with one attached hydrogen (secondary N) is 1. The Morgan fingerprint density at radius 3 is 2.63 bits per heavy atom. The van der Waals surface area contributed by atoms with E-state index in [0.29, 0.717) is 12.6 Å². The van der Waals surface area contributed by atoms with E-state index in [2.05, 4.69) is 21.2 Å². The van der Waals surface area contributed by atoms with Crippen LogP contribution in [0.25, 0.3) is 0 Å². The molecule has 1 amide bonds. The summed E-state index contributed by atoms with van der Waals surface area (Å²) in [4.78, 5) is 11.0. The fourth-order valence-corrected chi connectivity index (χ4v) is 2.72. The third-order valence-corrected chi connectivity index (χ3v) is 3.98. The highest BCUT2D eigenvalue weighted by Gasteiger charge is 2.13. The Morgan fingerprint density at radius 1 is 1.32 bits per heavy atom. The third-order valence-electron chi connectivity index (χ3n) is 2.43. The summed E-state index contributed by atoms with van der Waals surface area (Å²) in [5.41, 5.74) is 5.66. The van der Waals surface area contributed by atoms with Gasteiger partial charge in [0.05, 0.1) is 15.0 Å². The molecule has 0 aliphatic heterocycles. The number of carbonyl (C=O) groups is 1. The molecule has 0 fully saturated rings. The Morgan fingerprint density at radius 2 is 2.05 bits per heavy atom. The lowest BCUT2D eigenvalue weighted by Gasteiger charge is -2.08. The highest BCUT2D eigenvalue weighted by Crippen LogP contribution is 2.23. The van der Waals surface area contributed by atoms with Gasteiger partial charge < -0.3 is 11.1 Å². The molecule has 100 valence electrons. The molecule has 0 aliphatic carbocycles. The molecule has 0 unspecified atom stereocenters. The number of rotatable bonds is 4. The lowest BCUT2D eigenvalue weighted by atomic mass is 10.1. The largest absolute Gasteiger partial charge is 0.379 e. The molecule has 7 heteroatoms. The highest BCUT2D eigenvalue weighted by molar-refractivity contribution is 9.11. The van der Waals surface area contributed by atoms with Crippen LogP contribution in [0.4, 0.5) is 14.5 Å². The standard InChI is InChI=1S/C12H9BrF2N2OS/c13-11-1-6(5-19-11)4-17-10-2-7(12(16)18)8(14)3-9(10)15/h1-3,5,17H,4H2,(H2,16,18). The number of thiophene rings is 1. The number of hydrogen-bond donors (Lipinski definition) is 2. The predicted octanol–water partition coefficient (Wildman–Crippen LogP) is 3.50. The van der Waals surface area contributed by atoms with Crippen molar-refractivity contribution in [3.05, 3.63) is 50.1 Å². The van der Waals surface area contributed by atoms with Gasteiger partial charge in [0, 0.05) is 12.6 Å². The zero-order valence-corrected chi connectivity index (χ0v) is 11.9. The number of benzene rings is 1. The lowest BCUT2D eigenvalue weighted by molar-refractivity contribution is 0.0996. The van der Waals surface area contributed by atoms with E-state index in [1.165, 1.54) is 11.3 Å². The van der Waals surface area contributed by atoms with Gasteiger partial charge in [-0.25, -0.2) is 8.78 Å². The molecule has 1 aromatic heterocycles. The summed E-state index contributed by atoms with van der Waals surface area (Å²) >= 11 is 4.82. The van der Waals surface area contributed by atoms with Crippen LogP contribution in [0, 0.1) is 11.6 Å². The van der Waals surface area contributed by atoms with Gasteiger partial charge in [-0.1, -0.05) is 0 Å². The summed E-state index contributed by atoms with van der Waals surface area (Å²) in [5.74, 6) is -2.66. The average Bonchev–Trinajstić information content (AvgIpc) is 2.73. The maximum Gasteiger partial charge on any atom is 0.251 e. The summed E-state index contributed by atoms with van der Waals surface area (Å²) in [6.45, 7) is 0.364. The van der Waals surface area contributed by atoms with Gasteiger partial charge in [-0.3, -0.25) is 4.79 Å². The maximum atomic E-state index is 13.5. The first kappa shape index (κ1) is 14.0. The first-order valence-electron chi connectivity index (χ1n) is 5.23. The number of hydrogen-bond acceptors (Lipinski definition) is 3. The second kappa shape index (κ2) is 5.66. The van der Waals surface area contributed by atoms with Crippen molar-refractivity contribution in [2.75, 3.05) is 5.32 Å². The monoisotopic (exact) mass is 346 g/mol. The van der Waals surface area contributed by atoms with Crippen molar-refractivity contribution in [1.29, 1.82) is 0 Å². The van der Waals surface area contributed by atoms with Crippen molar-refractivity contribution in [3.63, 3.8) is 0 Å². The van der Waals surface area contributed by atoms with Crippen LogP contribution in [0.15, 0.2) is 27.4 Å². The van der Waals surface area contributed by atoms with Gasteiger partial charge in [0.2, 0.25) is 0 Å². The quantitative estimate of drug-likeness (QED) is 0.890. The molecular weight excluding hydrogens is 338 g/mol. The van der Waals surface area contributed by atoms with E-state index >= 15 is 0 Å². The van der Waals surface area contributed by atoms with Crippen LogP contribution in [0.1, 0.15) is 15.9 Å². The zero-order chi connectivity index (χ0) is 14.0. The Bertz CT molecular complexity index is 630. The highest BCUT2D eigenvalue weighted by atomic mass is 79.9. The zero-order valence-electron chi connectivity index (χ0n) is 9.54. The van der Waals surface area contributed by atoms with E-state index in [4.69, 9.17) is 5.73 Å². The van der Waals surface area contributed by atoms with Gasteiger partial charge in [-0.05, 0) is 39.0 Å². The fourth-order valence-electron chi connectivity index (χ4n) is 1.51. The summed E-state index contributed by atoms with van der Waals surface area (Å²) in [5, 5.41) is 4.70. The number of amides is 1. The minimum Gasteiger partial charge on any atom is -0.379 e. The van der Waals surface area contributed by atoms with Gasteiger partial charge in [-0.2, -0.15) is 0 Å². The van der Waals surface area contributed by atoms with Crippen molar-refractivity contribution < 1.29 is 13.6 Å². The Hall–Kier alpha value is -1.47. The first-order chi connectivity index (χ1) is 8.97. The first-order valence-corrected chi connectivity index (χ1v) is 6.90. The van der Waals surface area contributed by atoms with Crippen LogP contribution in [0.5, 0.6) is 0 Å². The summed E-state index contributed by atoms with van der Waals surface area (Å²) in [7, 11) is 0. The molecule has 2 aromatic rings. The molecule has 2 rings (SSSR count). The summed E-state index contributed by atoms with van der Waals surface area (Å²) < 4.78 is 27.8. The smallest absolute Gasteiger partial charge is 0.251 e. The van der Waals surface area contributed by atoms with Crippen molar-refractivity contribution in [1.82, 2.24) is 0 Å². The number of anilines is 1. The fraction of sp³-hybridized carbons (Fsp3) is 0.0833. The molecule has 0 spiro atoms. The number of primary amides is 1. The maximum absolute atomic E-state index is 13.5. The van der Waals surface area contributed by atoms with Gasteiger partial charge >= 0.3 is 0 Å². The summed E-state index contributed by atoms with van der Waals surface area (Å²) in [6.07, 6.45) is 0. The second-order valence-electron chi connectivity index (χ2n) is 3.79. The lowest BCUT2D eigenvalue weighted by Crippen LogP contribution is -2.14. The molecule has 0 radical (unpaired) electrons. The van der Waals surface area contributed by atoms with Crippen LogP contribution in [-0.4, -0.2) is 5.91 Å². The molecule has 0 saturated heterocycles. The number of nitrogens with two attached hydrogens (primary N) is 1. The minimum absolute atomic E-state index is 0.0394. The molecule has 19 heavy (non-hydrogen) atoms. The predicted molar refractivity (Wildman–Crippen MR) is 74.2 cm³/mol. The molecule has 3 nitrogen and oxygen atoms in total. The molecule has 1 heterocycles. The molecule has 1 aromatic carbocycles. The average molecular weight is 347 g/mol. The molecule has 0 bridgehead atoms. The molecule has 0 aliphatic rings. The Balaban J connectivity index is 2.20. The van der Waals surface area contributed by atoms with E-state index in [1.807, 2.05) is 11.4 Å². The van der Waals surface area contributed by atoms with E-state index in [1.54, 1.807) is 0 Å². The van der Waals surface area contributed by atoms with Crippen LogP contribution >= 0.6 is 27.3 Å². The van der Waals surface area contributed by atoms with Crippen molar-refractivity contribution in [2.24, 2.45) is 5.73 Å². The molecule has 3 N–H and O–H groups in total. The minimum atomic E-state index is -0.964. The number of halogens is 3. The van der Waals surface area contributed by atoms with E-state index in [9.17, 15) is 13.6 Å². The SMILES string of the molecule is NC(=O)c1cc(NCc2csc(Br)c2)c(F)cc1F.